The van der Waals surface area contributed by atoms with Gasteiger partial charge in [0.25, 0.3) is 15.7 Å². The second-order valence-electron chi connectivity index (χ2n) is 6.91. The third-order valence-electron chi connectivity index (χ3n) is 4.59. The van der Waals surface area contributed by atoms with E-state index < -0.39 is 21.1 Å². The number of nitro benzene ring substituents is 1. The summed E-state index contributed by atoms with van der Waals surface area (Å²) >= 11 is 0. The van der Waals surface area contributed by atoms with E-state index in [0.29, 0.717) is 13.1 Å². The normalized spacial score (nSPS) is 12.2. The number of nitro groups is 1. The molecule has 2 aromatic rings. The van der Waals surface area contributed by atoms with Crippen LogP contribution in [0.4, 0.5) is 11.4 Å². The first-order valence-electron chi connectivity index (χ1n) is 9.77. The fourth-order valence-electron chi connectivity index (χ4n) is 3.17. The number of anilines is 1. The van der Waals surface area contributed by atoms with Crippen molar-refractivity contribution in [3.63, 3.8) is 0 Å². The molecule has 0 aliphatic heterocycles. The SMILES string of the molecule is C=CCN(CC=C)C[C@H](O)CN(c1cc([N+](=O)[O-])ccc1OC)S(=O)(=O)c1ccccc1. The van der Waals surface area contributed by atoms with Gasteiger partial charge in [-0.1, -0.05) is 30.4 Å². The molecule has 0 saturated heterocycles. The molecule has 10 heteroatoms. The summed E-state index contributed by atoms with van der Waals surface area (Å²) in [6, 6.07) is 11.3. The number of hydrogen-bond acceptors (Lipinski definition) is 7. The molecular weight excluding hydrogens is 434 g/mol. The lowest BCUT2D eigenvalue weighted by Gasteiger charge is -2.30. The summed E-state index contributed by atoms with van der Waals surface area (Å²) in [6.45, 7) is 8.09. The molecule has 1 atom stereocenters. The second-order valence-corrected chi connectivity index (χ2v) is 8.77. The van der Waals surface area contributed by atoms with Crippen LogP contribution in [-0.2, 0) is 10.0 Å². The van der Waals surface area contributed by atoms with E-state index in [2.05, 4.69) is 13.2 Å². The van der Waals surface area contributed by atoms with Crippen molar-refractivity contribution in [1.29, 1.82) is 0 Å². The summed E-state index contributed by atoms with van der Waals surface area (Å²) in [4.78, 5) is 12.5. The minimum atomic E-state index is -4.17. The number of aliphatic hydroxyl groups is 1. The van der Waals surface area contributed by atoms with Gasteiger partial charge in [0, 0.05) is 31.8 Å². The lowest BCUT2D eigenvalue weighted by molar-refractivity contribution is -0.384. The first-order valence-corrected chi connectivity index (χ1v) is 11.2. The first-order chi connectivity index (χ1) is 15.2. The van der Waals surface area contributed by atoms with Crippen LogP contribution in [-0.4, -0.2) is 62.7 Å². The average Bonchev–Trinajstić information content (AvgIpc) is 2.77. The molecule has 0 bridgehead atoms. The van der Waals surface area contributed by atoms with Crippen LogP contribution in [0.3, 0.4) is 0 Å². The molecule has 32 heavy (non-hydrogen) atoms. The van der Waals surface area contributed by atoms with Gasteiger partial charge in [0.05, 0.1) is 29.6 Å². The highest BCUT2D eigenvalue weighted by atomic mass is 32.2. The van der Waals surface area contributed by atoms with E-state index >= 15 is 0 Å². The number of sulfonamides is 1. The molecule has 0 spiro atoms. The highest BCUT2D eigenvalue weighted by Gasteiger charge is 2.31. The van der Waals surface area contributed by atoms with E-state index in [1.54, 1.807) is 30.4 Å². The predicted molar refractivity (Wildman–Crippen MR) is 123 cm³/mol. The van der Waals surface area contributed by atoms with Gasteiger partial charge in [0.2, 0.25) is 0 Å². The van der Waals surface area contributed by atoms with E-state index in [4.69, 9.17) is 4.74 Å². The molecule has 0 fully saturated rings. The zero-order valence-electron chi connectivity index (χ0n) is 17.8. The van der Waals surface area contributed by atoms with Crippen molar-refractivity contribution in [1.82, 2.24) is 4.90 Å². The molecule has 0 radical (unpaired) electrons. The van der Waals surface area contributed by atoms with Crippen LogP contribution < -0.4 is 9.04 Å². The molecule has 0 aliphatic rings. The largest absolute Gasteiger partial charge is 0.495 e. The number of methoxy groups -OCH3 is 1. The molecule has 172 valence electrons. The molecule has 0 aliphatic carbocycles. The van der Waals surface area contributed by atoms with Crippen molar-refractivity contribution in [3.8, 4) is 5.75 Å². The number of benzene rings is 2. The zero-order chi connectivity index (χ0) is 23.7. The minimum Gasteiger partial charge on any atom is -0.495 e. The minimum absolute atomic E-state index is 0.0187. The zero-order valence-corrected chi connectivity index (χ0v) is 18.6. The maximum absolute atomic E-state index is 13.5. The van der Waals surface area contributed by atoms with Gasteiger partial charge in [-0.05, 0) is 18.2 Å². The van der Waals surface area contributed by atoms with Crippen molar-refractivity contribution < 1.29 is 23.2 Å². The van der Waals surface area contributed by atoms with Gasteiger partial charge in [-0.15, -0.1) is 13.2 Å². The Morgan fingerprint density at radius 3 is 2.28 bits per heavy atom. The molecule has 0 saturated carbocycles. The van der Waals surface area contributed by atoms with Gasteiger partial charge in [-0.3, -0.25) is 19.3 Å². The number of nitrogens with zero attached hydrogens (tertiary/aromatic N) is 3. The quantitative estimate of drug-likeness (QED) is 0.277. The Balaban J connectivity index is 2.54. The Morgan fingerprint density at radius 2 is 1.75 bits per heavy atom. The molecule has 1 N–H and O–H groups in total. The van der Waals surface area contributed by atoms with E-state index in [1.807, 2.05) is 4.90 Å². The predicted octanol–water partition coefficient (Wildman–Crippen LogP) is 2.83. The van der Waals surface area contributed by atoms with Crippen molar-refractivity contribution in [2.45, 2.75) is 11.0 Å². The van der Waals surface area contributed by atoms with Crippen molar-refractivity contribution in [2.75, 3.05) is 37.6 Å². The topological polar surface area (TPSA) is 113 Å². The Hall–Kier alpha value is -3.21. The van der Waals surface area contributed by atoms with E-state index in [0.717, 1.165) is 10.4 Å². The van der Waals surface area contributed by atoms with Crippen molar-refractivity contribution in [2.24, 2.45) is 0 Å². The van der Waals surface area contributed by atoms with Gasteiger partial charge in [0.15, 0.2) is 0 Å². The average molecular weight is 462 g/mol. The molecule has 9 nitrogen and oxygen atoms in total. The van der Waals surface area contributed by atoms with Crippen LogP contribution in [0.2, 0.25) is 0 Å². The summed E-state index contributed by atoms with van der Waals surface area (Å²) in [5.41, 5.74) is -0.341. The van der Waals surface area contributed by atoms with Crippen molar-refractivity contribution in [3.05, 3.63) is 84.0 Å². The van der Waals surface area contributed by atoms with Crippen LogP contribution >= 0.6 is 0 Å². The van der Waals surface area contributed by atoms with Crippen LogP contribution in [0, 0.1) is 10.1 Å². The summed E-state index contributed by atoms with van der Waals surface area (Å²) in [5.74, 6) is 0.122. The van der Waals surface area contributed by atoms with Crippen LogP contribution in [0.15, 0.2) is 78.7 Å². The summed E-state index contributed by atoms with van der Waals surface area (Å²) in [6.07, 6.45) is 2.22. The number of rotatable bonds is 13. The lowest BCUT2D eigenvalue weighted by atomic mass is 10.2. The lowest BCUT2D eigenvalue weighted by Crippen LogP contribution is -2.43. The van der Waals surface area contributed by atoms with Gasteiger partial charge in [-0.2, -0.15) is 0 Å². The first kappa shape index (κ1) is 25.1. The second kappa shape index (κ2) is 11.4. The molecule has 0 aromatic heterocycles. The monoisotopic (exact) mass is 461 g/mol. The molecule has 0 unspecified atom stereocenters. The molecule has 2 aromatic carbocycles. The van der Waals surface area contributed by atoms with E-state index in [9.17, 15) is 23.6 Å². The van der Waals surface area contributed by atoms with Gasteiger partial charge in [-0.25, -0.2) is 8.42 Å². The summed E-state index contributed by atoms with van der Waals surface area (Å²) in [5, 5.41) is 22.1. The summed E-state index contributed by atoms with van der Waals surface area (Å²) in [7, 11) is -2.84. The van der Waals surface area contributed by atoms with Crippen LogP contribution in [0.1, 0.15) is 0 Å². The molecule has 0 amide bonds. The molecule has 2 rings (SSSR count). The number of non-ortho nitro benzene ring substituents is 1. The van der Waals surface area contributed by atoms with E-state index in [-0.39, 0.29) is 35.1 Å². The molecular formula is C22H27N3O6S. The Kier molecular flexibility index (Phi) is 8.94. The van der Waals surface area contributed by atoms with Crippen LogP contribution in [0.25, 0.3) is 0 Å². The fourth-order valence-corrected chi connectivity index (χ4v) is 4.69. The maximum Gasteiger partial charge on any atom is 0.271 e. The smallest absolute Gasteiger partial charge is 0.271 e. The van der Waals surface area contributed by atoms with E-state index in [1.165, 1.54) is 31.4 Å². The van der Waals surface area contributed by atoms with Gasteiger partial charge in [0.1, 0.15) is 11.4 Å². The Bertz CT molecular complexity index is 1030. The summed E-state index contributed by atoms with van der Waals surface area (Å²) < 4.78 is 33.2. The number of hydrogen-bond donors (Lipinski definition) is 1. The van der Waals surface area contributed by atoms with Crippen molar-refractivity contribution >= 4 is 21.4 Å². The third-order valence-corrected chi connectivity index (χ3v) is 6.39. The molecule has 0 heterocycles. The van der Waals surface area contributed by atoms with Gasteiger partial charge >= 0.3 is 0 Å². The Morgan fingerprint density at radius 1 is 1.12 bits per heavy atom. The number of ether oxygens (including phenoxy) is 1. The fraction of sp³-hybridized carbons (Fsp3) is 0.273. The highest BCUT2D eigenvalue weighted by molar-refractivity contribution is 7.92. The number of aliphatic hydroxyl groups excluding tert-OH is 1. The maximum atomic E-state index is 13.5. The standard InChI is InChI=1S/C22H27N3O6S/c1-4-13-23(14-5-2)16-19(26)17-24(32(29,30)20-9-7-6-8-10-20)21-15-18(25(27)28)11-12-22(21)31-3/h4-12,15,19,26H,1-2,13-14,16-17H2,3H3/t19-/m0/s1. The third kappa shape index (κ3) is 6.16. The van der Waals surface area contributed by atoms with Crippen LogP contribution in [0.5, 0.6) is 5.75 Å². The Labute approximate surface area is 188 Å². The van der Waals surface area contributed by atoms with Gasteiger partial charge < -0.3 is 9.84 Å². The highest BCUT2D eigenvalue weighted by Crippen LogP contribution is 2.35.